The first-order chi connectivity index (χ1) is 11.7. The largest absolute Gasteiger partial charge is 0.357 e. The summed E-state index contributed by atoms with van der Waals surface area (Å²) in [5, 5.41) is 9.77. The quantitative estimate of drug-likeness (QED) is 0.345. The van der Waals surface area contributed by atoms with Crippen molar-refractivity contribution in [3.8, 4) is 0 Å². The van der Waals surface area contributed by atoms with Crippen molar-refractivity contribution in [3.63, 3.8) is 0 Å². The lowest BCUT2D eigenvalue weighted by Gasteiger charge is -2.24. The van der Waals surface area contributed by atoms with Gasteiger partial charge in [-0.1, -0.05) is 32.1 Å². The number of nitrogens with one attached hydrogen (secondary N) is 3. The van der Waals surface area contributed by atoms with Crippen LogP contribution in [-0.2, 0) is 4.79 Å². The van der Waals surface area contributed by atoms with E-state index in [9.17, 15) is 4.79 Å². The van der Waals surface area contributed by atoms with Crippen LogP contribution >= 0.6 is 0 Å². The van der Waals surface area contributed by atoms with Crippen molar-refractivity contribution in [2.45, 2.75) is 77.7 Å². The first-order valence-electron chi connectivity index (χ1n) is 10.0. The zero-order valence-corrected chi connectivity index (χ0v) is 15.6. The van der Waals surface area contributed by atoms with Crippen LogP contribution in [0.5, 0.6) is 0 Å². The summed E-state index contributed by atoms with van der Waals surface area (Å²) >= 11 is 0. The smallest absolute Gasteiger partial charge is 0.223 e. The zero-order valence-electron chi connectivity index (χ0n) is 15.6. The van der Waals surface area contributed by atoms with Crippen molar-refractivity contribution in [3.05, 3.63) is 0 Å². The number of nitrogens with zero attached hydrogens (tertiary/aromatic N) is 1. The van der Waals surface area contributed by atoms with Gasteiger partial charge in [-0.15, -0.1) is 0 Å². The van der Waals surface area contributed by atoms with E-state index < -0.39 is 0 Å². The maximum atomic E-state index is 11.6. The second-order valence-electron chi connectivity index (χ2n) is 7.45. The van der Waals surface area contributed by atoms with Crippen molar-refractivity contribution in [1.82, 2.24) is 16.0 Å². The van der Waals surface area contributed by atoms with Gasteiger partial charge in [0, 0.05) is 25.0 Å². The fraction of sp³-hybridized carbons (Fsp3) is 0.895. The number of carbonyl (C=O) groups excluding carboxylic acids is 1. The lowest BCUT2D eigenvalue weighted by molar-refractivity contribution is -0.122. The Morgan fingerprint density at radius 2 is 1.88 bits per heavy atom. The molecule has 24 heavy (non-hydrogen) atoms. The molecule has 0 radical (unpaired) electrons. The fourth-order valence-corrected chi connectivity index (χ4v) is 3.42. The highest BCUT2D eigenvalue weighted by Gasteiger charge is 2.28. The lowest BCUT2D eigenvalue weighted by Crippen LogP contribution is -2.42. The molecule has 5 nitrogen and oxygen atoms in total. The van der Waals surface area contributed by atoms with Crippen molar-refractivity contribution >= 4 is 11.9 Å². The Bertz CT molecular complexity index is 400. The van der Waals surface area contributed by atoms with Gasteiger partial charge in [-0.2, -0.15) is 0 Å². The Morgan fingerprint density at radius 3 is 2.54 bits per heavy atom. The maximum Gasteiger partial charge on any atom is 0.223 e. The Balaban J connectivity index is 1.63. The molecular weight excluding hydrogens is 300 g/mol. The second-order valence-corrected chi connectivity index (χ2v) is 7.45. The van der Waals surface area contributed by atoms with E-state index in [0.717, 1.165) is 31.3 Å². The van der Waals surface area contributed by atoms with E-state index in [1.807, 2.05) is 0 Å². The Morgan fingerprint density at radius 1 is 1.12 bits per heavy atom. The summed E-state index contributed by atoms with van der Waals surface area (Å²) < 4.78 is 0. The molecule has 0 heterocycles. The second kappa shape index (κ2) is 10.6. The highest BCUT2D eigenvalue weighted by molar-refractivity contribution is 5.81. The van der Waals surface area contributed by atoms with E-state index in [4.69, 9.17) is 0 Å². The van der Waals surface area contributed by atoms with Crippen molar-refractivity contribution in [2.75, 3.05) is 19.6 Å². The number of guanidine groups is 1. The summed E-state index contributed by atoms with van der Waals surface area (Å²) in [6.07, 6.45) is 11.7. The number of amides is 1. The van der Waals surface area contributed by atoms with Crippen LogP contribution in [0.15, 0.2) is 4.99 Å². The molecule has 0 bridgehead atoms. The summed E-state index contributed by atoms with van der Waals surface area (Å²) in [6, 6.07) is 0.436. The summed E-state index contributed by atoms with van der Waals surface area (Å²) in [6.45, 7) is 6.43. The predicted octanol–water partition coefficient (Wildman–Crippen LogP) is 2.82. The van der Waals surface area contributed by atoms with E-state index >= 15 is 0 Å². The minimum atomic E-state index is 0.198. The molecule has 0 spiro atoms. The molecule has 1 atom stereocenters. The van der Waals surface area contributed by atoms with Crippen LogP contribution in [0, 0.1) is 11.8 Å². The van der Waals surface area contributed by atoms with Crippen molar-refractivity contribution in [2.24, 2.45) is 16.8 Å². The van der Waals surface area contributed by atoms with Crippen LogP contribution in [0.3, 0.4) is 0 Å². The van der Waals surface area contributed by atoms with Gasteiger partial charge in [0.15, 0.2) is 5.96 Å². The Hall–Kier alpha value is -1.26. The first-order valence-corrected chi connectivity index (χ1v) is 10.0. The van der Waals surface area contributed by atoms with Crippen LogP contribution in [0.2, 0.25) is 0 Å². The highest BCUT2D eigenvalue weighted by atomic mass is 16.2. The molecule has 2 rings (SSSR count). The summed E-state index contributed by atoms with van der Waals surface area (Å²) in [4.78, 5) is 16.2. The van der Waals surface area contributed by atoms with Crippen LogP contribution in [0.4, 0.5) is 0 Å². The van der Waals surface area contributed by atoms with Gasteiger partial charge in [-0.05, 0) is 45.4 Å². The molecule has 0 aromatic heterocycles. The minimum absolute atomic E-state index is 0.198. The van der Waals surface area contributed by atoms with E-state index in [-0.39, 0.29) is 11.8 Å². The van der Waals surface area contributed by atoms with E-state index in [1.54, 1.807) is 0 Å². The third-order valence-electron chi connectivity index (χ3n) is 5.09. The molecule has 2 saturated carbocycles. The molecular formula is C19H36N4O. The minimum Gasteiger partial charge on any atom is -0.357 e. The summed E-state index contributed by atoms with van der Waals surface area (Å²) in [7, 11) is 0. The van der Waals surface area contributed by atoms with E-state index in [2.05, 4.69) is 34.8 Å². The molecule has 1 unspecified atom stereocenters. The monoisotopic (exact) mass is 336 g/mol. The van der Waals surface area contributed by atoms with Crippen LogP contribution in [-0.4, -0.2) is 37.5 Å². The van der Waals surface area contributed by atoms with Gasteiger partial charge in [0.1, 0.15) is 0 Å². The third-order valence-corrected chi connectivity index (χ3v) is 5.09. The predicted molar refractivity (Wildman–Crippen MR) is 100 cm³/mol. The molecule has 0 aromatic rings. The molecule has 3 N–H and O–H groups in total. The summed E-state index contributed by atoms with van der Waals surface area (Å²) in [5.41, 5.74) is 0. The van der Waals surface area contributed by atoms with Gasteiger partial charge in [-0.3, -0.25) is 9.79 Å². The van der Waals surface area contributed by atoms with Crippen LogP contribution in [0.25, 0.3) is 0 Å². The molecule has 138 valence electrons. The van der Waals surface area contributed by atoms with Gasteiger partial charge >= 0.3 is 0 Å². The molecule has 2 fully saturated rings. The molecule has 1 amide bonds. The fourth-order valence-electron chi connectivity index (χ4n) is 3.42. The third kappa shape index (κ3) is 7.54. The number of carbonyl (C=O) groups is 1. The molecule has 2 aliphatic carbocycles. The number of rotatable bonds is 9. The molecule has 5 heteroatoms. The van der Waals surface area contributed by atoms with Crippen molar-refractivity contribution < 1.29 is 4.79 Å². The van der Waals surface area contributed by atoms with Gasteiger partial charge in [0.05, 0.1) is 6.54 Å². The van der Waals surface area contributed by atoms with Crippen molar-refractivity contribution in [1.29, 1.82) is 0 Å². The SMILES string of the molecule is CCNC(=NCCNC(=O)C1CC1)NC(C)CCC1CCCCC1. The van der Waals surface area contributed by atoms with Gasteiger partial charge in [0.2, 0.25) is 5.91 Å². The lowest BCUT2D eigenvalue weighted by atomic mass is 9.85. The molecule has 0 aromatic carbocycles. The highest BCUT2D eigenvalue weighted by Crippen LogP contribution is 2.28. The van der Waals surface area contributed by atoms with Gasteiger partial charge < -0.3 is 16.0 Å². The molecule has 0 saturated heterocycles. The average molecular weight is 337 g/mol. The first kappa shape index (κ1) is 19.1. The molecule has 0 aliphatic heterocycles. The topological polar surface area (TPSA) is 65.5 Å². The normalized spacial score (nSPS) is 20.5. The number of hydrogen-bond donors (Lipinski definition) is 3. The zero-order chi connectivity index (χ0) is 17.2. The van der Waals surface area contributed by atoms with Crippen LogP contribution in [0.1, 0.15) is 71.6 Å². The molecule has 2 aliphatic rings. The van der Waals surface area contributed by atoms with Gasteiger partial charge in [0.25, 0.3) is 0 Å². The number of aliphatic imine (C=N–C) groups is 1. The standard InChI is InChI=1S/C19H36N4O/c1-3-20-19(22-14-13-21-18(24)17-11-12-17)23-15(2)9-10-16-7-5-4-6-8-16/h15-17H,3-14H2,1-2H3,(H,21,24)(H2,20,22,23). The Labute approximate surface area is 147 Å². The number of hydrogen-bond acceptors (Lipinski definition) is 2. The van der Waals surface area contributed by atoms with E-state index in [0.29, 0.717) is 19.1 Å². The summed E-state index contributed by atoms with van der Waals surface area (Å²) in [5.74, 6) is 2.28. The van der Waals surface area contributed by atoms with Gasteiger partial charge in [-0.25, -0.2) is 0 Å². The maximum absolute atomic E-state index is 11.6. The van der Waals surface area contributed by atoms with Crippen LogP contribution < -0.4 is 16.0 Å². The van der Waals surface area contributed by atoms with E-state index in [1.165, 1.54) is 44.9 Å². The Kier molecular flexibility index (Phi) is 8.40. The average Bonchev–Trinajstić information content (AvgIpc) is 3.43.